The van der Waals surface area contributed by atoms with Gasteiger partial charge >= 0.3 is 0 Å². The number of aryl methyl sites for hydroxylation is 1. The lowest BCUT2D eigenvalue weighted by Gasteiger charge is -2.20. The molecule has 1 amide bonds. The number of aromatic amines is 1. The topological polar surface area (TPSA) is 91.7 Å². The van der Waals surface area contributed by atoms with Crippen LogP contribution in [-0.4, -0.2) is 44.0 Å². The second kappa shape index (κ2) is 7.64. The number of aromatic nitrogens is 5. The predicted molar refractivity (Wildman–Crippen MR) is 116 cm³/mol. The quantitative estimate of drug-likeness (QED) is 0.598. The fourth-order valence-electron chi connectivity index (χ4n) is 5.20. The molecule has 3 aromatic rings. The highest BCUT2D eigenvalue weighted by atomic mass is 19.3. The van der Waals surface area contributed by atoms with Crippen LogP contribution in [-0.2, 0) is 13.0 Å². The summed E-state index contributed by atoms with van der Waals surface area (Å²) in [4.78, 5) is 19.1. The summed E-state index contributed by atoms with van der Waals surface area (Å²) in [7, 11) is 0. The molecule has 0 bridgehead atoms. The number of hydrogen-bond acceptors (Lipinski definition) is 5. The maximum Gasteiger partial charge on any atom is 0.280 e. The molecular formula is C23H25F2N7O. The number of anilines is 1. The van der Waals surface area contributed by atoms with E-state index in [0.717, 1.165) is 42.9 Å². The van der Waals surface area contributed by atoms with Crippen molar-refractivity contribution in [3.63, 3.8) is 0 Å². The van der Waals surface area contributed by atoms with Gasteiger partial charge in [-0.1, -0.05) is 6.07 Å². The smallest absolute Gasteiger partial charge is 0.280 e. The first kappa shape index (κ1) is 20.3. The minimum atomic E-state index is -2.68. The van der Waals surface area contributed by atoms with Crippen LogP contribution in [0.1, 0.15) is 63.9 Å². The van der Waals surface area contributed by atoms with Crippen molar-refractivity contribution in [2.45, 2.75) is 45.2 Å². The van der Waals surface area contributed by atoms with E-state index in [1.54, 1.807) is 12.3 Å². The van der Waals surface area contributed by atoms with Crippen LogP contribution in [0.4, 0.5) is 14.6 Å². The summed E-state index contributed by atoms with van der Waals surface area (Å²) in [5.41, 5.74) is 3.65. The highest BCUT2D eigenvalue weighted by Crippen LogP contribution is 2.46. The molecule has 1 aliphatic heterocycles. The van der Waals surface area contributed by atoms with Crippen molar-refractivity contribution >= 4 is 11.7 Å². The number of pyridine rings is 1. The monoisotopic (exact) mass is 453 g/mol. The molecule has 1 saturated carbocycles. The Bertz CT molecular complexity index is 1210. The van der Waals surface area contributed by atoms with Gasteiger partial charge in [-0.15, -0.1) is 0 Å². The first-order chi connectivity index (χ1) is 16.0. The molecule has 2 aliphatic carbocycles. The van der Waals surface area contributed by atoms with Gasteiger partial charge in [-0.2, -0.15) is 10.2 Å². The number of hydrogen-bond donors (Lipinski definition) is 2. The number of nitrogens with zero attached hydrogens (tertiary/aromatic N) is 5. The number of carbonyl (C=O) groups is 1. The van der Waals surface area contributed by atoms with E-state index in [1.807, 2.05) is 13.0 Å². The van der Waals surface area contributed by atoms with Gasteiger partial charge in [0.2, 0.25) is 0 Å². The van der Waals surface area contributed by atoms with Gasteiger partial charge < -0.3 is 10.2 Å². The maximum atomic E-state index is 13.8. The van der Waals surface area contributed by atoms with E-state index in [2.05, 4.69) is 30.5 Å². The first-order valence-electron chi connectivity index (χ1n) is 11.4. The minimum Gasteiger partial charge on any atom is -0.356 e. The molecule has 4 heterocycles. The molecule has 2 unspecified atom stereocenters. The highest BCUT2D eigenvalue weighted by molar-refractivity contribution is 5.94. The maximum absolute atomic E-state index is 13.8. The number of H-pyrrole nitrogens is 1. The van der Waals surface area contributed by atoms with Crippen LogP contribution >= 0.6 is 0 Å². The first-order valence-corrected chi connectivity index (χ1v) is 11.4. The Morgan fingerprint density at radius 1 is 1.30 bits per heavy atom. The van der Waals surface area contributed by atoms with Crippen molar-refractivity contribution in [3.8, 4) is 0 Å². The van der Waals surface area contributed by atoms with Crippen molar-refractivity contribution in [1.82, 2.24) is 30.3 Å². The Labute approximate surface area is 189 Å². The van der Waals surface area contributed by atoms with Crippen molar-refractivity contribution in [2.24, 2.45) is 11.8 Å². The second-order valence-electron chi connectivity index (χ2n) is 9.38. The lowest BCUT2D eigenvalue weighted by Crippen LogP contribution is -2.27. The Kier molecular flexibility index (Phi) is 4.70. The SMILES string of the molecule is Cc1[nH]nc2c1CC[C@H]2NC(=O)c1cnn(Cc2ccc(N3CC4CC4C3)nc2C(F)F)c1. The van der Waals surface area contributed by atoms with E-state index in [9.17, 15) is 13.6 Å². The number of piperidine rings is 1. The van der Waals surface area contributed by atoms with Crippen molar-refractivity contribution in [3.05, 3.63) is 58.3 Å². The van der Waals surface area contributed by atoms with Crippen LogP contribution in [0, 0.1) is 18.8 Å². The molecule has 3 aliphatic rings. The van der Waals surface area contributed by atoms with Gasteiger partial charge in [-0.05, 0) is 49.7 Å². The molecule has 6 rings (SSSR count). The molecule has 3 aromatic heterocycles. The lowest BCUT2D eigenvalue weighted by molar-refractivity contribution is 0.0935. The fraction of sp³-hybridized carbons (Fsp3) is 0.478. The third-order valence-electron chi connectivity index (χ3n) is 7.16. The normalized spacial score (nSPS) is 23.2. The van der Waals surface area contributed by atoms with E-state index >= 15 is 0 Å². The summed E-state index contributed by atoms with van der Waals surface area (Å²) >= 11 is 0. The van der Waals surface area contributed by atoms with Gasteiger partial charge in [-0.25, -0.2) is 13.8 Å². The third-order valence-corrected chi connectivity index (χ3v) is 7.16. The van der Waals surface area contributed by atoms with Crippen molar-refractivity contribution < 1.29 is 13.6 Å². The molecule has 2 N–H and O–H groups in total. The van der Waals surface area contributed by atoms with Gasteiger partial charge in [-0.3, -0.25) is 14.6 Å². The highest BCUT2D eigenvalue weighted by Gasteiger charge is 2.45. The zero-order chi connectivity index (χ0) is 22.7. The molecule has 10 heteroatoms. The Morgan fingerprint density at radius 3 is 2.91 bits per heavy atom. The van der Waals surface area contributed by atoms with E-state index in [1.165, 1.54) is 17.3 Å². The standard InChI is InChI=1S/C23H25F2N7O/c1-12-17-3-4-18(21(17)30-29-12)27-23(33)16-7-26-32(11-16)10-13-2-5-19(28-20(13)22(24)25)31-8-14-6-15(14)9-31/h2,5,7,11,14-15,18,22H,3-4,6,8-10H2,1H3,(H,27,33)(H,29,30)/t14?,15?,18-/m1/s1. The van der Waals surface area contributed by atoms with E-state index in [-0.39, 0.29) is 24.2 Å². The predicted octanol–water partition coefficient (Wildman–Crippen LogP) is 3.17. The van der Waals surface area contributed by atoms with Crippen LogP contribution in [0.25, 0.3) is 0 Å². The number of rotatable bonds is 6. The van der Waals surface area contributed by atoms with Crippen molar-refractivity contribution in [2.75, 3.05) is 18.0 Å². The number of fused-ring (bicyclic) bond motifs is 2. The van der Waals surface area contributed by atoms with Crippen molar-refractivity contribution in [1.29, 1.82) is 0 Å². The Hall–Kier alpha value is -3.30. The molecule has 172 valence electrons. The zero-order valence-electron chi connectivity index (χ0n) is 18.3. The average molecular weight is 453 g/mol. The number of nitrogens with one attached hydrogen (secondary N) is 2. The molecule has 1 saturated heterocycles. The molecule has 0 spiro atoms. The molecular weight excluding hydrogens is 428 g/mol. The van der Waals surface area contributed by atoms with Crippen LogP contribution in [0.5, 0.6) is 0 Å². The molecule has 8 nitrogen and oxygen atoms in total. The Morgan fingerprint density at radius 2 is 2.12 bits per heavy atom. The number of carbonyl (C=O) groups excluding carboxylic acids is 1. The summed E-state index contributed by atoms with van der Waals surface area (Å²) in [6.45, 7) is 3.90. The van der Waals surface area contributed by atoms with E-state index in [0.29, 0.717) is 28.8 Å². The van der Waals surface area contributed by atoms with Crippen LogP contribution in [0.2, 0.25) is 0 Å². The zero-order valence-corrected chi connectivity index (χ0v) is 18.3. The molecule has 3 atom stereocenters. The molecule has 0 radical (unpaired) electrons. The van der Waals surface area contributed by atoms with Crippen LogP contribution in [0.15, 0.2) is 24.5 Å². The molecule has 0 aromatic carbocycles. The summed E-state index contributed by atoms with van der Waals surface area (Å²) in [5, 5.41) is 14.5. The lowest BCUT2D eigenvalue weighted by atomic mass is 10.2. The van der Waals surface area contributed by atoms with E-state index in [4.69, 9.17) is 0 Å². The second-order valence-corrected chi connectivity index (χ2v) is 9.38. The average Bonchev–Trinajstić information content (AvgIpc) is 3.27. The Balaban J connectivity index is 1.15. The summed E-state index contributed by atoms with van der Waals surface area (Å²) < 4.78 is 29.1. The van der Waals surface area contributed by atoms with Gasteiger partial charge in [0, 0.05) is 30.5 Å². The number of amides is 1. The van der Waals surface area contributed by atoms with E-state index < -0.39 is 6.43 Å². The molecule has 33 heavy (non-hydrogen) atoms. The molecule has 2 fully saturated rings. The fourth-order valence-corrected chi connectivity index (χ4v) is 5.20. The van der Waals surface area contributed by atoms with Gasteiger partial charge in [0.05, 0.1) is 30.0 Å². The van der Waals surface area contributed by atoms with Gasteiger partial charge in [0.1, 0.15) is 11.5 Å². The van der Waals surface area contributed by atoms with Gasteiger partial charge in [0.15, 0.2) is 0 Å². The number of alkyl halides is 2. The van der Waals surface area contributed by atoms with Crippen LogP contribution in [0.3, 0.4) is 0 Å². The minimum absolute atomic E-state index is 0.123. The largest absolute Gasteiger partial charge is 0.356 e. The summed E-state index contributed by atoms with van der Waals surface area (Å²) in [6, 6.07) is 3.38. The summed E-state index contributed by atoms with van der Waals surface area (Å²) in [5.74, 6) is 1.76. The number of halogens is 2. The summed E-state index contributed by atoms with van der Waals surface area (Å²) in [6.07, 6.45) is 3.29. The third kappa shape index (κ3) is 3.67. The van der Waals surface area contributed by atoms with Gasteiger partial charge in [0.25, 0.3) is 12.3 Å². The van der Waals surface area contributed by atoms with Crippen LogP contribution < -0.4 is 10.2 Å².